The van der Waals surface area contributed by atoms with Crippen LogP contribution in [0.5, 0.6) is 0 Å². The number of guanidine groups is 1. The highest BCUT2D eigenvalue weighted by atomic mass is 19.1. The van der Waals surface area contributed by atoms with E-state index in [0.717, 1.165) is 25.5 Å². The molecule has 1 saturated heterocycles. The van der Waals surface area contributed by atoms with Crippen molar-refractivity contribution in [3.63, 3.8) is 0 Å². The third-order valence-electron chi connectivity index (χ3n) is 4.50. The summed E-state index contributed by atoms with van der Waals surface area (Å²) in [4.78, 5) is 9.40. The molecule has 0 aliphatic carbocycles. The van der Waals surface area contributed by atoms with Crippen molar-refractivity contribution in [2.24, 2.45) is 4.99 Å². The smallest absolute Gasteiger partial charge is 0.191 e. The van der Waals surface area contributed by atoms with Crippen LogP contribution in [0.4, 0.5) is 4.39 Å². The Morgan fingerprint density at radius 1 is 1.12 bits per heavy atom. The van der Waals surface area contributed by atoms with Gasteiger partial charge in [0.2, 0.25) is 0 Å². The van der Waals surface area contributed by atoms with Crippen molar-refractivity contribution >= 4 is 5.96 Å². The molecule has 0 unspecified atom stereocenters. The van der Waals surface area contributed by atoms with Crippen LogP contribution in [0.25, 0.3) is 0 Å². The lowest BCUT2D eigenvalue weighted by molar-refractivity contribution is 0.152. The predicted molar refractivity (Wildman–Crippen MR) is 102 cm³/mol. The van der Waals surface area contributed by atoms with Crippen LogP contribution in [0.2, 0.25) is 0 Å². The molecule has 2 rings (SSSR count). The lowest BCUT2D eigenvalue weighted by Crippen LogP contribution is -2.44. The molecule has 1 aromatic rings. The summed E-state index contributed by atoms with van der Waals surface area (Å²) in [5.74, 6) is 0.555. The maximum atomic E-state index is 13.7. The Labute approximate surface area is 151 Å². The number of hydrogen-bond donors (Lipinski definition) is 2. The number of benzene rings is 1. The van der Waals surface area contributed by atoms with E-state index >= 15 is 0 Å². The lowest BCUT2D eigenvalue weighted by Gasteiger charge is -2.32. The topological polar surface area (TPSA) is 42.9 Å². The van der Waals surface area contributed by atoms with Crippen molar-refractivity contribution < 1.29 is 4.39 Å². The molecule has 0 radical (unpaired) electrons. The van der Waals surface area contributed by atoms with Crippen molar-refractivity contribution in [2.45, 2.75) is 26.3 Å². The minimum Gasteiger partial charge on any atom is -0.357 e. The fourth-order valence-electron chi connectivity index (χ4n) is 2.87. The van der Waals surface area contributed by atoms with E-state index in [1.165, 1.54) is 45.2 Å². The van der Waals surface area contributed by atoms with Crippen molar-refractivity contribution in [1.29, 1.82) is 0 Å². The summed E-state index contributed by atoms with van der Waals surface area (Å²) in [6, 6.07) is 6.79. The molecule has 0 aromatic heterocycles. The lowest BCUT2D eigenvalue weighted by atomic mass is 10.2. The quantitative estimate of drug-likeness (QED) is 0.427. The minimum absolute atomic E-state index is 0.200. The largest absolute Gasteiger partial charge is 0.357 e. The van der Waals surface area contributed by atoms with Crippen LogP contribution in [0.1, 0.15) is 25.3 Å². The maximum Gasteiger partial charge on any atom is 0.191 e. The van der Waals surface area contributed by atoms with Gasteiger partial charge in [-0.15, -0.1) is 0 Å². The van der Waals surface area contributed by atoms with Gasteiger partial charge in [-0.1, -0.05) is 18.2 Å². The molecule has 0 atom stereocenters. The first-order valence-electron chi connectivity index (χ1n) is 9.35. The second kappa shape index (κ2) is 11.1. The van der Waals surface area contributed by atoms with Gasteiger partial charge in [0.15, 0.2) is 5.96 Å². The van der Waals surface area contributed by atoms with E-state index in [9.17, 15) is 4.39 Å². The van der Waals surface area contributed by atoms with Gasteiger partial charge in [-0.2, -0.15) is 0 Å². The number of aliphatic imine (C=N–C) groups is 1. The Hall–Kier alpha value is -1.66. The zero-order valence-electron chi connectivity index (χ0n) is 15.6. The van der Waals surface area contributed by atoms with Crippen molar-refractivity contribution in [3.05, 3.63) is 35.6 Å². The van der Waals surface area contributed by atoms with E-state index in [1.807, 2.05) is 13.0 Å². The number of likely N-dealkylation sites (N-methyl/N-ethyl adjacent to an activating group) is 1. The van der Waals surface area contributed by atoms with Crippen LogP contribution in [-0.2, 0) is 6.54 Å². The Morgan fingerprint density at radius 2 is 1.88 bits per heavy atom. The summed E-state index contributed by atoms with van der Waals surface area (Å²) in [5, 5.41) is 6.56. The molecule has 2 N–H and O–H groups in total. The van der Waals surface area contributed by atoms with Gasteiger partial charge in [0, 0.05) is 44.8 Å². The first kappa shape index (κ1) is 19.7. The van der Waals surface area contributed by atoms with Crippen molar-refractivity contribution in [2.75, 3.05) is 52.9 Å². The summed E-state index contributed by atoms with van der Waals surface area (Å²) < 4.78 is 13.7. The van der Waals surface area contributed by atoms with Gasteiger partial charge in [0.05, 0.1) is 6.54 Å². The molecule has 25 heavy (non-hydrogen) atoms. The number of halogens is 1. The third-order valence-corrected chi connectivity index (χ3v) is 4.50. The Balaban J connectivity index is 1.67. The Kier molecular flexibility index (Phi) is 8.69. The van der Waals surface area contributed by atoms with Gasteiger partial charge in [-0.25, -0.2) is 9.38 Å². The summed E-state index contributed by atoms with van der Waals surface area (Å²) in [5.41, 5.74) is 0.620. The van der Waals surface area contributed by atoms with Crippen LogP contribution in [-0.4, -0.2) is 68.6 Å². The highest BCUT2D eigenvalue weighted by Gasteiger charge is 2.12. The summed E-state index contributed by atoms with van der Waals surface area (Å²) in [6.45, 7) is 9.93. The van der Waals surface area contributed by atoms with E-state index in [0.29, 0.717) is 12.1 Å². The second-order valence-corrected chi connectivity index (χ2v) is 6.57. The molecule has 140 valence electrons. The molecule has 6 heteroatoms. The van der Waals surface area contributed by atoms with E-state index < -0.39 is 0 Å². The zero-order chi connectivity index (χ0) is 17.9. The molecular weight excluding hydrogens is 317 g/mol. The van der Waals surface area contributed by atoms with E-state index in [4.69, 9.17) is 0 Å². The highest BCUT2D eigenvalue weighted by Crippen LogP contribution is 2.07. The van der Waals surface area contributed by atoms with Crippen LogP contribution in [0, 0.1) is 5.82 Å². The number of nitrogens with zero attached hydrogens (tertiary/aromatic N) is 3. The summed E-state index contributed by atoms with van der Waals surface area (Å²) in [7, 11) is 2.18. The first-order valence-corrected chi connectivity index (χ1v) is 9.35. The first-order chi connectivity index (χ1) is 12.2. The summed E-state index contributed by atoms with van der Waals surface area (Å²) >= 11 is 0. The molecule has 5 nitrogen and oxygen atoms in total. The fraction of sp³-hybridized carbons (Fsp3) is 0.632. The SMILES string of the molecule is CCNC(=NCc1ccccc1F)NCCCCN1CCN(C)CC1. The maximum absolute atomic E-state index is 13.7. The van der Waals surface area contributed by atoms with Gasteiger partial charge in [-0.3, -0.25) is 0 Å². The van der Waals surface area contributed by atoms with Crippen LogP contribution >= 0.6 is 0 Å². The average molecular weight is 349 g/mol. The molecule has 1 aliphatic heterocycles. The molecule has 0 bridgehead atoms. The number of unbranched alkanes of at least 4 members (excludes halogenated alkanes) is 1. The molecule has 1 aromatic carbocycles. The van der Waals surface area contributed by atoms with E-state index in [-0.39, 0.29) is 5.82 Å². The molecular formula is C19H32FN5. The average Bonchev–Trinajstić information content (AvgIpc) is 2.62. The standard InChI is InChI=1S/C19H32FN5/c1-3-21-19(23-16-17-8-4-5-9-18(17)20)22-10-6-7-11-25-14-12-24(2)13-15-25/h4-5,8-9H,3,6-7,10-16H2,1-2H3,(H2,21,22,23). The van der Waals surface area contributed by atoms with Gasteiger partial charge in [0.25, 0.3) is 0 Å². The zero-order valence-corrected chi connectivity index (χ0v) is 15.6. The molecule has 0 spiro atoms. The normalized spacial score (nSPS) is 16.8. The van der Waals surface area contributed by atoms with Crippen LogP contribution in [0.3, 0.4) is 0 Å². The number of piperazine rings is 1. The van der Waals surface area contributed by atoms with E-state index in [1.54, 1.807) is 12.1 Å². The highest BCUT2D eigenvalue weighted by molar-refractivity contribution is 5.79. The molecule has 0 saturated carbocycles. The van der Waals surface area contributed by atoms with Gasteiger partial charge < -0.3 is 20.4 Å². The molecule has 1 heterocycles. The van der Waals surface area contributed by atoms with E-state index in [2.05, 4.69) is 32.5 Å². The monoisotopic (exact) mass is 349 g/mol. The number of hydrogen-bond acceptors (Lipinski definition) is 3. The summed E-state index contributed by atoms with van der Waals surface area (Å²) in [6.07, 6.45) is 2.29. The van der Waals surface area contributed by atoms with Gasteiger partial charge in [0.1, 0.15) is 5.82 Å². The Bertz CT molecular complexity index is 526. The minimum atomic E-state index is -0.200. The van der Waals surface area contributed by atoms with Crippen LogP contribution < -0.4 is 10.6 Å². The fourth-order valence-corrected chi connectivity index (χ4v) is 2.87. The van der Waals surface area contributed by atoms with Gasteiger partial charge in [-0.05, 0) is 39.4 Å². The van der Waals surface area contributed by atoms with Crippen LogP contribution in [0.15, 0.2) is 29.3 Å². The second-order valence-electron chi connectivity index (χ2n) is 6.57. The molecule has 1 aliphatic rings. The van der Waals surface area contributed by atoms with Crippen molar-refractivity contribution in [1.82, 2.24) is 20.4 Å². The molecule has 1 fully saturated rings. The van der Waals surface area contributed by atoms with Gasteiger partial charge >= 0.3 is 0 Å². The predicted octanol–water partition coefficient (Wildman–Crippen LogP) is 1.91. The number of rotatable bonds is 8. The number of nitrogens with one attached hydrogen (secondary N) is 2. The molecule has 0 amide bonds. The van der Waals surface area contributed by atoms with Crippen molar-refractivity contribution in [3.8, 4) is 0 Å². The Morgan fingerprint density at radius 3 is 2.60 bits per heavy atom. The third kappa shape index (κ3) is 7.40.